The smallest absolute Gasteiger partial charge is 0.220 e. The third-order valence-corrected chi connectivity index (χ3v) is 6.58. The van der Waals surface area contributed by atoms with Gasteiger partial charge in [0.1, 0.15) is 5.82 Å². The van der Waals surface area contributed by atoms with E-state index in [0.717, 1.165) is 31.6 Å². The van der Waals surface area contributed by atoms with Crippen LogP contribution in [0.15, 0.2) is 60.9 Å². The van der Waals surface area contributed by atoms with E-state index in [4.69, 9.17) is 0 Å². The minimum atomic E-state index is 0.0367. The van der Waals surface area contributed by atoms with Crippen LogP contribution in [-0.2, 0) is 24.3 Å². The highest BCUT2D eigenvalue weighted by atomic mass is 16.1. The molecule has 0 radical (unpaired) electrons. The summed E-state index contributed by atoms with van der Waals surface area (Å²) in [5, 5.41) is 19.5. The number of nitrogens with one attached hydrogen (secondary N) is 2. The van der Waals surface area contributed by atoms with Gasteiger partial charge >= 0.3 is 0 Å². The first-order valence-electron chi connectivity index (χ1n) is 12.5. The maximum atomic E-state index is 12.5. The fraction of sp³-hybridized carbons (Fsp3) is 0.370. The Morgan fingerprint density at radius 2 is 1.97 bits per heavy atom. The van der Waals surface area contributed by atoms with Gasteiger partial charge in [-0.1, -0.05) is 35.9 Å². The van der Waals surface area contributed by atoms with Crippen molar-refractivity contribution in [1.29, 1.82) is 0 Å². The van der Waals surface area contributed by atoms with Crippen LogP contribution in [0.1, 0.15) is 35.4 Å². The van der Waals surface area contributed by atoms with E-state index in [1.54, 1.807) is 10.7 Å². The number of hydrogen-bond donors (Lipinski definition) is 2. The highest BCUT2D eigenvalue weighted by molar-refractivity contribution is 5.76. The van der Waals surface area contributed by atoms with Crippen molar-refractivity contribution in [3.8, 4) is 0 Å². The van der Waals surface area contributed by atoms with Crippen molar-refractivity contribution in [2.75, 3.05) is 25.0 Å². The van der Waals surface area contributed by atoms with Gasteiger partial charge in [0, 0.05) is 51.4 Å². The number of aromatic nitrogens is 5. The average molecular weight is 485 g/mol. The number of hydrogen-bond acceptors (Lipinski definition) is 7. The van der Waals surface area contributed by atoms with Crippen molar-refractivity contribution in [3.05, 3.63) is 83.4 Å². The molecule has 1 unspecified atom stereocenters. The topological polar surface area (TPSA) is 100 Å². The highest BCUT2D eigenvalue weighted by Crippen LogP contribution is 2.18. The molecule has 2 N–H and O–H groups in total. The van der Waals surface area contributed by atoms with Gasteiger partial charge < -0.3 is 10.6 Å². The first kappa shape index (κ1) is 23.9. The second-order valence-electron chi connectivity index (χ2n) is 9.50. The molecule has 1 aromatic carbocycles. The Hall–Kier alpha value is -3.85. The molecule has 186 valence electrons. The first-order chi connectivity index (χ1) is 17.6. The van der Waals surface area contributed by atoms with Crippen LogP contribution in [0.3, 0.4) is 0 Å². The lowest BCUT2D eigenvalue weighted by Crippen LogP contribution is -2.31. The molecule has 1 aliphatic heterocycles. The van der Waals surface area contributed by atoms with Crippen molar-refractivity contribution < 1.29 is 4.79 Å². The second kappa shape index (κ2) is 11.3. The molecule has 3 aromatic heterocycles. The molecule has 1 saturated heterocycles. The largest absolute Gasteiger partial charge is 0.364 e. The number of nitrogens with zero attached hydrogens (tertiary/aromatic N) is 6. The van der Waals surface area contributed by atoms with Crippen LogP contribution in [0.2, 0.25) is 0 Å². The Kier molecular flexibility index (Phi) is 7.47. The summed E-state index contributed by atoms with van der Waals surface area (Å²) in [5.74, 6) is 1.92. The highest BCUT2D eigenvalue weighted by Gasteiger charge is 2.23. The SMILES string of the molecule is Cc1ccc(CN2CCC(CNC(=O)CCc3nnc4ccc(NCc5cccnc5)nn34)C2)cc1. The number of rotatable bonds is 10. The van der Waals surface area contributed by atoms with Crippen LogP contribution < -0.4 is 10.6 Å². The van der Waals surface area contributed by atoms with E-state index in [-0.39, 0.29) is 5.91 Å². The Labute approximate surface area is 211 Å². The number of pyridine rings is 1. The zero-order valence-corrected chi connectivity index (χ0v) is 20.6. The fourth-order valence-corrected chi connectivity index (χ4v) is 4.53. The number of likely N-dealkylation sites (tertiary alicyclic amines) is 1. The van der Waals surface area contributed by atoms with Crippen molar-refractivity contribution >= 4 is 17.4 Å². The van der Waals surface area contributed by atoms with Crippen molar-refractivity contribution in [3.63, 3.8) is 0 Å². The molecule has 9 heteroatoms. The average Bonchev–Trinajstić information content (AvgIpc) is 3.53. The molecule has 9 nitrogen and oxygen atoms in total. The van der Waals surface area contributed by atoms with Crippen LogP contribution in [0, 0.1) is 12.8 Å². The molecule has 0 bridgehead atoms. The number of amides is 1. The predicted octanol–water partition coefficient (Wildman–Crippen LogP) is 3.01. The van der Waals surface area contributed by atoms with Crippen LogP contribution in [0.4, 0.5) is 5.82 Å². The lowest BCUT2D eigenvalue weighted by molar-refractivity contribution is -0.121. The zero-order valence-electron chi connectivity index (χ0n) is 20.6. The van der Waals surface area contributed by atoms with Gasteiger partial charge in [-0.15, -0.1) is 15.3 Å². The molecule has 1 atom stereocenters. The summed E-state index contributed by atoms with van der Waals surface area (Å²) in [6.07, 6.45) is 5.52. The zero-order chi connectivity index (χ0) is 24.7. The van der Waals surface area contributed by atoms with Crippen molar-refractivity contribution in [2.45, 2.75) is 39.3 Å². The number of carbonyl (C=O) groups excluding carboxylic acids is 1. The van der Waals surface area contributed by atoms with Gasteiger partial charge in [-0.3, -0.25) is 14.7 Å². The molecular weight excluding hydrogens is 452 g/mol. The molecular formula is C27H32N8O. The van der Waals surface area contributed by atoms with Crippen molar-refractivity contribution in [2.24, 2.45) is 5.92 Å². The summed E-state index contributed by atoms with van der Waals surface area (Å²) in [6, 6.07) is 16.4. The first-order valence-corrected chi connectivity index (χ1v) is 12.5. The van der Waals surface area contributed by atoms with Gasteiger partial charge in [-0.05, 0) is 55.1 Å². The van der Waals surface area contributed by atoms with E-state index in [1.165, 1.54) is 11.1 Å². The van der Waals surface area contributed by atoms with Crippen molar-refractivity contribution in [1.82, 2.24) is 35.0 Å². The minimum absolute atomic E-state index is 0.0367. The Balaban J connectivity index is 1.07. The number of benzene rings is 1. The van der Waals surface area contributed by atoms with E-state index in [2.05, 4.69) is 67.0 Å². The fourth-order valence-electron chi connectivity index (χ4n) is 4.53. The molecule has 0 saturated carbocycles. The van der Waals surface area contributed by atoms with E-state index < -0.39 is 0 Å². The third kappa shape index (κ3) is 6.23. The molecule has 4 aromatic rings. The van der Waals surface area contributed by atoms with E-state index in [0.29, 0.717) is 49.1 Å². The number of aryl methyl sites for hydroxylation is 2. The maximum Gasteiger partial charge on any atom is 0.220 e. The normalized spacial score (nSPS) is 15.9. The summed E-state index contributed by atoms with van der Waals surface area (Å²) in [5.41, 5.74) is 4.36. The summed E-state index contributed by atoms with van der Waals surface area (Å²) in [4.78, 5) is 19.1. The van der Waals surface area contributed by atoms with Crippen LogP contribution >= 0.6 is 0 Å². The molecule has 4 heterocycles. The summed E-state index contributed by atoms with van der Waals surface area (Å²) < 4.78 is 1.71. The molecule has 1 amide bonds. The molecule has 36 heavy (non-hydrogen) atoms. The molecule has 5 rings (SSSR count). The lowest BCUT2D eigenvalue weighted by atomic mass is 10.1. The molecule has 0 aliphatic carbocycles. The Morgan fingerprint density at radius 1 is 1.08 bits per heavy atom. The molecule has 0 spiro atoms. The minimum Gasteiger partial charge on any atom is -0.364 e. The van der Waals surface area contributed by atoms with Gasteiger partial charge in [-0.2, -0.15) is 4.52 Å². The van der Waals surface area contributed by atoms with Gasteiger partial charge in [-0.25, -0.2) is 0 Å². The maximum absolute atomic E-state index is 12.5. The summed E-state index contributed by atoms with van der Waals surface area (Å²) in [7, 11) is 0. The van der Waals surface area contributed by atoms with Gasteiger partial charge in [0.2, 0.25) is 5.91 Å². The van der Waals surface area contributed by atoms with E-state index in [9.17, 15) is 4.79 Å². The number of anilines is 1. The summed E-state index contributed by atoms with van der Waals surface area (Å²) in [6.45, 7) is 6.50. The van der Waals surface area contributed by atoms with Gasteiger partial charge in [0.15, 0.2) is 11.5 Å². The van der Waals surface area contributed by atoms with Gasteiger partial charge in [0.25, 0.3) is 0 Å². The molecule has 1 aliphatic rings. The predicted molar refractivity (Wildman–Crippen MR) is 138 cm³/mol. The Bertz CT molecular complexity index is 1290. The third-order valence-electron chi connectivity index (χ3n) is 6.58. The van der Waals surface area contributed by atoms with Crippen LogP contribution in [-0.4, -0.2) is 55.2 Å². The van der Waals surface area contributed by atoms with Crippen LogP contribution in [0.5, 0.6) is 0 Å². The van der Waals surface area contributed by atoms with Gasteiger partial charge in [0.05, 0.1) is 0 Å². The number of carbonyl (C=O) groups is 1. The van der Waals surface area contributed by atoms with E-state index in [1.807, 2.05) is 30.5 Å². The Morgan fingerprint density at radius 3 is 2.81 bits per heavy atom. The van der Waals surface area contributed by atoms with Crippen LogP contribution in [0.25, 0.3) is 5.65 Å². The quantitative estimate of drug-likeness (QED) is 0.357. The standard InChI is InChI=1S/C27H32N8O/c1-20-4-6-21(7-5-20)18-34-14-12-23(19-34)17-30-27(36)11-10-26-32-31-25-9-8-24(33-35(25)26)29-16-22-3-2-13-28-15-22/h2-9,13,15,23H,10-12,14,16-19H2,1H3,(H,29,33)(H,30,36). The lowest BCUT2D eigenvalue weighted by Gasteiger charge is -2.16. The summed E-state index contributed by atoms with van der Waals surface area (Å²) >= 11 is 0. The number of fused-ring (bicyclic) bond motifs is 1. The van der Waals surface area contributed by atoms with E-state index >= 15 is 0 Å². The monoisotopic (exact) mass is 484 g/mol. The molecule has 1 fully saturated rings. The second-order valence-corrected chi connectivity index (χ2v) is 9.50.